The zero-order chi connectivity index (χ0) is 15.0. The molecule has 112 valence electrons. The van der Waals surface area contributed by atoms with Crippen molar-refractivity contribution < 1.29 is 14.7 Å². The second kappa shape index (κ2) is 8.47. The lowest BCUT2D eigenvalue weighted by molar-refractivity contribution is -0.144. The number of hydrogen-bond donors (Lipinski definition) is 2. The molecule has 2 N–H and O–H groups in total. The quantitative estimate of drug-likeness (QED) is 0.730. The molecule has 0 radical (unpaired) electrons. The zero-order valence-electron chi connectivity index (χ0n) is 12.1. The first-order valence-electron chi connectivity index (χ1n) is 7.29. The van der Waals surface area contributed by atoms with Gasteiger partial charge in [0.25, 0.3) is 0 Å². The summed E-state index contributed by atoms with van der Waals surface area (Å²) >= 11 is 0. The molecule has 0 aliphatic heterocycles. The predicted molar refractivity (Wildman–Crippen MR) is 77.2 cm³/mol. The van der Waals surface area contributed by atoms with E-state index in [2.05, 4.69) is 11.2 Å². The van der Waals surface area contributed by atoms with Crippen molar-refractivity contribution in [1.82, 2.24) is 10.2 Å². The third kappa shape index (κ3) is 4.76. The fourth-order valence-corrected chi connectivity index (χ4v) is 2.74. The highest BCUT2D eigenvalue weighted by Gasteiger charge is 2.31. The van der Waals surface area contributed by atoms with E-state index in [9.17, 15) is 14.7 Å². The summed E-state index contributed by atoms with van der Waals surface area (Å²) in [6.07, 6.45) is 9.65. The summed E-state index contributed by atoms with van der Waals surface area (Å²) in [6, 6.07) is -0.195. The van der Waals surface area contributed by atoms with Gasteiger partial charge in [0.1, 0.15) is 0 Å². The summed E-state index contributed by atoms with van der Waals surface area (Å²) in [5.74, 6) is 1.41. The van der Waals surface area contributed by atoms with Gasteiger partial charge in [0.2, 0.25) is 0 Å². The number of carbonyl (C=O) groups is 2. The van der Waals surface area contributed by atoms with Crippen LogP contribution in [0.3, 0.4) is 0 Å². The Morgan fingerprint density at radius 1 is 1.40 bits per heavy atom. The standard InChI is InChI=1S/C15H24N2O3/c1-3-9-17(10-4-2)15(20)16-11-12-7-5-6-8-13(12)14(18)19/h1,12-13H,4-11H2,2H3,(H,16,20)(H,18,19). The van der Waals surface area contributed by atoms with Crippen molar-refractivity contribution in [1.29, 1.82) is 0 Å². The Labute approximate surface area is 120 Å². The van der Waals surface area contributed by atoms with E-state index >= 15 is 0 Å². The molecular weight excluding hydrogens is 256 g/mol. The highest BCUT2D eigenvalue weighted by atomic mass is 16.4. The van der Waals surface area contributed by atoms with Crippen LogP contribution in [0.5, 0.6) is 0 Å². The van der Waals surface area contributed by atoms with E-state index in [-0.39, 0.29) is 24.4 Å². The van der Waals surface area contributed by atoms with Gasteiger partial charge in [-0.3, -0.25) is 4.79 Å². The van der Waals surface area contributed by atoms with E-state index in [0.29, 0.717) is 19.5 Å². The fraction of sp³-hybridized carbons (Fsp3) is 0.733. The number of aliphatic carboxylic acids is 1. The Bertz CT molecular complexity index is 376. The summed E-state index contributed by atoms with van der Waals surface area (Å²) in [7, 11) is 0. The SMILES string of the molecule is C#CCN(CCC)C(=O)NCC1CCCCC1C(=O)O. The van der Waals surface area contributed by atoms with Crippen molar-refractivity contribution in [3.05, 3.63) is 0 Å². The summed E-state index contributed by atoms with van der Waals surface area (Å²) in [6.45, 7) is 3.30. The van der Waals surface area contributed by atoms with Crippen LogP contribution in [0, 0.1) is 24.2 Å². The van der Waals surface area contributed by atoms with E-state index in [4.69, 9.17) is 6.42 Å². The molecule has 0 spiro atoms. The van der Waals surface area contributed by atoms with Crippen molar-refractivity contribution in [3.63, 3.8) is 0 Å². The molecule has 1 aliphatic rings. The second-order valence-electron chi connectivity index (χ2n) is 5.30. The van der Waals surface area contributed by atoms with Gasteiger partial charge in [0.15, 0.2) is 0 Å². The van der Waals surface area contributed by atoms with Crippen LogP contribution in [0.4, 0.5) is 4.79 Å². The van der Waals surface area contributed by atoms with Crippen LogP contribution in [0.15, 0.2) is 0 Å². The van der Waals surface area contributed by atoms with Crippen molar-refractivity contribution in [2.75, 3.05) is 19.6 Å². The first-order chi connectivity index (χ1) is 9.60. The molecule has 0 saturated heterocycles. The summed E-state index contributed by atoms with van der Waals surface area (Å²) in [4.78, 5) is 24.8. The Morgan fingerprint density at radius 3 is 2.70 bits per heavy atom. The van der Waals surface area contributed by atoms with E-state index in [1.54, 1.807) is 4.90 Å². The minimum Gasteiger partial charge on any atom is -0.481 e. The molecule has 1 saturated carbocycles. The van der Waals surface area contributed by atoms with Crippen LogP contribution in [0.1, 0.15) is 39.0 Å². The molecule has 0 aromatic carbocycles. The molecule has 2 amide bonds. The molecular formula is C15H24N2O3. The normalized spacial score (nSPS) is 21.8. The maximum atomic E-state index is 12.0. The van der Waals surface area contributed by atoms with Gasteiger partial charge < -0.3 is 15.3 Å². The molecule has 1 rings (SSSR count). The van der Waals surface area contributed by atoms with Crippen LogP contribution in [0.2, 0.25) is 0 Å². The molecule has 0 heterocycles. The van der Waals surface area contributed by atoms with E-state index in [0.717, 1.165) is 25.7 Å². The molecule has 1 aliphatic carbocycles. The minimum atomic E-state index is -0.752. The van der Waals surface area contributed by atoms with Crippen LogP contribution in [-0.2, 0) is 4.79 Å². The molecule has 2 atom stereocenters. The van der Waals surface area contributed by atoms with Crippen LogP contribution < -0.4 is 5.32 Å². The number of rotatable bonds is 6. The van der Waals surface area contributed by atoms with E-state index < -0.39 is 5.97 Å². The Kier molecular flexibility index (Phi) is 6.92. The topological polar surface area (TPSA) is 69.6 Å². The van der Waals surface area contributed by atoms with Gasteiger partial charge in [-0.15, -0.1) is 6.42 Å². The van der Waals surface area contributed by atoms with Crippen molar-refractivity contribution in [2.24, 2.45) is 11.8 Å². The van der Waals surface area contributed by atoms with Gasteiger partial charge in [0.05, 0.1) is 12.5 Å². The number of terminal acetylenes is 1. The lowest BCUT2D eigenvalue weighted by Crippen LogP contribution is -2.44. The minimum absolute atomic E-state index is 0.0273. The number of carbonyl (C=O) groups excluding carboxylic acids is 1. The Balaban J connectivity index is 2.49. The first-order valence-corrected chi connectivity index (χ1v) is 7.29. The first kappa shape index (κ1) is 16.4. The number of amides is 2. The molecule has 2 unspecified atom stereocenters. The monoisotopic (exact) mass is 280 g/mol. The third-order valence-electron chi connectivity index (χ3n) is 3.80. The van der Waals surface area contributed by atoms with Crippen molar-refractivity contribution >= 4 is 12.0 Å². The van der Waals surface area contributed by atoms with Crippen LogP contribution in [0.25, 0.3) is 0 Å². The summed E-state index contributed by atoms with van der Waals surface area (Å²) < 4.78 is 0. The number of hydrogen-bond acceptors (Lipinski definition) is 2. The predicted octanol–water partition coefficient (Wildman–Crippen LogP) is 1.93. The molecule has 0 aromatic heterocycles. The van der Waals surface area contributed by atoms with Crippen LogP contribution in [-0.4, -0.2) is 41.6 Å². The smallest absolute Gasteiger partial charge is 0.318 e. The molecule has 20 heavy (non-hydrogen) atoms. The van der Waals surface area contributed by atoms with Crippen molar-refractivity contribution in [3.8, 4) is 12.3 Å². The number of carboxylic acids is 1. The average molecular weight is 280 g/mol. The van der Waals surface area contributed by atoms with Crippen LogP contribution >= 0.6 is 0 Å². The van der Waals surface area contributed by atoms with Gasteiger partial charge in [-0.2, -0.15) is 0 Å². The third-order valence-corrected chi connectivity index (χ3v) is 3.80. The van der Waals surface area contributed by atoms with Gasteiger partial charge in [-0.05, 0) is 25.2 Å². The fourth-order valence-electron chi connectivity index (χ4n) is 2.74. The second-order valence-corrected chi connectivity index (χ2v) is 5.30. The summed E-state index contributed by atoms with van der Waals surface area (Å²) in [5.41, 5.74) is 0. The molecule has 5 nitrogen and oxygen atoms in total. The summed E-state index contributed by atoms with van der Waals surface area (Å²) in [5, 5.41) is 12.0. The largest absolute Gasteiger partial charge is 0.481 e. The number of carboxylic acid groups (broad SMARTS) is 1. The molecule has 1 fully saturated rings. The van der Waals surface area contributed by atoms with Gasteiger partial charge in [0, 0.05) is 13.1 Å². The number of nitrogens with zero attached hydrogens (tertiary/aromatic N) is 1. The lowest BCUT2D eigenvalue weighted by atomic mass is 9.79. The lowest BCUT2D eigenvalue weighted by Gasteiger charge is -2.29. The van der Waals surface area contributed by atoms with Gasteiger partial charge in [-0.25, -0.2) is 4.79 Å². The molecule has 5 heteroatoms. The maximum absolute atomic E-state index is 12.0. The van der Waals surface area contributed by atoms with E-state index in [1.807, 2.05) is 6.92 Å². The highest BCUT2D eigenvalue weighted by molar-refractivity contribution is 5.75. The number of nitrogens with one attached hydrogen (secondary N) is 1. The average Bonchev–Trinajstić information content (AvgIpc) is 2.44. The Morgan fingerprint density at radius 2 is 2.10 bits per heavy atom. The van der Waals surface area contributed by atoms with E-state index in [1.165, 1.54) is 0 Å². The Hall–Kier alpha value is -1.70. The number of urea groups is 1. The molecule has 0 bridgehead atoms. The molecule has 0 aromatic rings. The highest BCUT2D eigenvalue weighted by Crippen LogP contribution is 2.29. The zero-order valence-corrected chi connectivity index (χ0v) is 12.1. The van der Waals surface area contributed by atoms with Gasteiger partial charge in [-0.1, -0.05) is 25.7 Å². The maximum Gasteiger partial charge on any atom is 0.318 e. The van der Waals surface area contributed by atoms with Crippen molar-refractivity contribution in [2.45, 2.75) is 39.0 Å². The van der Waals surface area contributed by atoms with Gasteiger partial charge >= 0.3 is 12.0 Å².